The molecule has 3 rings (SSSR count). The van der Waals surface area contributed by atoms with Gasteiger partial charge in [0.1, 0.15) is 4.90 Å². The number of rotatable bonds is 8. The molecule has 1 atom stereocenters. The minimum Gasteiger partial charge on any atom is -0.310 e. The fraction of sp³-hybridized carbons (Fsp3) is 0.476. The molecular formula is C21H28BrN3O2S. The van der Waals surface area contributed by atoms with E-state index in [0.29, 0.717) is 18.3 Å². The minimum atomic E-state index is -3.69. The summed E-state index contributed by atoms with van der Waals surface area (Å²) >= 11 is 3.49. The predicted molar refractivity (Wildman–Crippen MR) is 117 cm³/mol. The van der Waals surface area contributed by atoms with E-state index in [9.17, 15) is 8.42 Å². The van der Waals surface area contributed by atoms with Crippen molar-refractivity contribution >= 4 is 31.6 Å². The highest BCUT2D eigenvalue weighted by Gasteiger charge is 2.19. The fourth-order valence-electron chi connectivity index (χ4n) is 3.82. The maximum atomic E-state index is 12.7. The maximum absolute atomic E-state index is 12.7. The molecule has 1 aliphatic carbocycles. The zero-order valence-electron chi connectivity index (χ0n) is 16.2. The Bertz CT molecular complexity index is 868. The largest absolute Gasteiger partial charge is 0.310 e. The molecule has 28 heavy (non-hydrogen) atoms. The first-order chi connectivity index (χ1) is 13.5. The lowest BCUT2D eigenvalue weighted by Crippen LogP contribution is -2.29. The number of nitrogens with one attached hydrogen (secondary N) is 2. The Hall–Kier alpha value is -1.44. The lowest BCUT2D eigenvalue weighted by atomic mass is 9.85. The summed E-state index contributed by atoms with van der Waals surface area (Å²) in [5.41, 5.74) is 1.49. The molecule has 2 aromatic rings. The van der Waals surface area contributed by atoms with E-state index < -0.39 is 10.0 Å². The number of pyridine rings is 1. The van der Waals surface area contributed by atoms with Crippen molar-refractivity contribution in [1.29, 1.82) is 0 Å². The molecule has 0 bridgehead atoms. The van der Waals surface area contributed by atoms with Gasteiger partial charge in [0.25, 0.3) is 10.0 Å². The van der Waals surface area contributed by atoms with Crippen molar-refractivity contribution in [3.8, 4) is 0 Å². The quantitative estimate of drug-likeness (QED) is 0.568. The topological polar surface area (TPSA) is 71.1 Å². The predicted octanol–water partition coefficient (Wildman–Crippen LogP) is 5.09. The van der Waals surface area contributed by atoms with Gasteiger partial charge in [0.2, 0.25) is 0 Å². The third-order valence-electron chi connectivity index (χ3n) is 5.33. The molecule has 152 valence electrons. The molecule has 2 N–H and O–H groups in total. The van der Waals surface area contributed by atoms with E-state index in [2.05, 4.69) is 37.9 Å². The molecular weight excluding hydrogens is 438 g/mol. The summed E-state index contributed by atoms with van der Waals surface area (Å²) in [6.07, 6.45) is 10.8. The lowest BCUT2D eigenvalue weighted by Gasteiger charge is -2.25. The van der Waals surface area contributed by atoms with Gasteiger partial charge in [-0.2, -0.15) is 0 Å². The number of sulfonamides is 1. The number of hydrogen-bond acceptors (Lipinski definition) is 4. The van der Waals surface area contributed by atoms with Crippen molar-refractivity contribution < 1.29 is 8.42 Å². The van der Waals surface area contributed by atoms with Gasteiger partial charge in [-0.3, -0.25) is 9.71 Å². The smallest absolute Gasteiger partial charge is 0.263 e. The molecule has 1 saturated carbocycles. The first-order valence-electron chi connectivity index (χ1n) is 9.89. The second-order valence-corrected chi connectivity index (χ2v) is 10.1. The summed E-state index contributed by atoms with van der Waals surface area (Å²) in [6, 6.07) is 9.27. The summed E-state index contributed by atoms with van der Waals surface area (Å²) < 4.78 is 28.9. The molecule has 1 aliphatic rings. The van der Waals surface area contributed by atoms with Gasteiger partial charge in [0.05, 0.1) is 5.69 Å². The van der Waals surface area contributed by atoms with Crippen molar-refractivity contribution in [2.24, 2.45) is 5.92 Å². The Balaban J connectivity index is 1.68. The van der Waals surface area contributed by atoms with Crippen LogP contribution < -0.4 is 10.0 Å². The Morgan fingerprint density at radius 1 is 1.18 bits per heavy atom. The van der Waals surface area contributed by atoms with E-state index in [1.807, 2.05) is 18.2 Å². The standard InChI is InChI=1S/C21H28BrN3O2S/c1-16(13-17-7-3-2-4-8-17)24-14-18-9-5-11-20(22)21(18)25-28(26,27)19-10-6-12-23-15-19/h5-6,9-12,15-17,24-25H,2-4,7-8,13-14H2,1H3. The van der Waals surface area contributed by atoms with E-state index >= 15 is 0 Å². The number of aromatic nitrogens is 1. The zero-order chi connectivity index (χ0) is 20.0. The Morgan fingerprint density at radius 2 is 1.96 bits per heavy atom. The summed E-state index contributed by atoms with van der Waals surface area (Å²) in [5, 5.41) is 3.57. The van der Waals surface area contributed by atoms with E-state index in [4.69, 9.17) is 0 Å². The van der Waals surface area contributed by atoms with Gasteiger partial charge < -0.3 is 5.32 Å². The number of anilines is 1. The molecule has 0 saturated heterocycles. The van der Waals surface area contributed by atoms with Crippen molar-refractivity contribution in [2.75, 3.05) is 4.72 Å². The van der Waals surface area contributed by atoms with Crippen LogP contribution in [0, 0.1) is 5.92 Å². The average Bonchev–Trinajstić information content (AvgIpc) is 2.70. The van der Waals surface area contributed by atoms with Gasteiger partial charge in [0.15, 0.2) is 0 Å². The Morgan fingerprint density at radius 3 is 2.68 bits per heavy atom. The molecule has 1 aromatic carbocycles. The SMILES string of the molecule is CC(CC1CCCCC1)NCc1cccc(Br)c1NS(=O)(=O)c1cccnc1. The van der Waals surface area contributed by atoms with Crippen LogP contribution in [0.1, 0.15) is 51.0 Å². The van der Waals surface area contributed by atoms with Crippen molar-refractivity contribution in [1.82, 2.24) is 10.3 Å². The number of hydrogen-bond donors (Lipinski definition) is 2. The van der Waals surface area contributed by atoms with Gasteiger partial charge in [-0.15, -0.1) is 0 Å². The van der Waals surface area contributed by atoms with Crippen molar-refractivity contribution in [3.05, 3.63) is 52.8 Å². The van der Waals surface area contributed by atoms with Crippen LogP contribution in [0.15, 0.2) is 52.1 Å². The van der Waals surface area contributed by atoms with Gasteiger partial charge in [-0.1, -0.05) is 44.2 Å². The Kier molecular flexibility index (Phi) is 7.48. The molecule has 0 radical (unpaired) electrons. The second-order valence-electron chi connectivity index (χ2n) is 7.59. The molecule has 0 spiro atoms. The molecule has 1 heterocycles. The van der Waals surface area contributed by atoms with Crippen LogP contribution >= 0.6 is 15.9 Å². The monoisotopic (exact) mass is 465 g/mol. The van der Waals surface area contributed by atoms with Crippen LogP contribution in [0.25, 0.3) is 0 Å². The van der Waals surface area contributed by atoms with Crippen LogP contribution in [0.2, 0.25) is 0 Å². The molecule has 0 amide bonds. The third kappa shape index (κ3) is 5.78. The van der Waals surface area contributed by atoms with E-state index in [1.165, 1.54) is 50.8 Å². The average molecular weight is 466 g/mol. The van der Waals surface area contributed by atoms with E-state index in [1.54, 1.807) is 12.3 Å². The van der Waals surface area contributed by atoms with Gasteiger partial charge in [-0.25, -0.2) is 8.42 Å². The van der Waals surface area contributed by atoms with Crippen LogP contribution in [0.3, 0.4) is 0 Å². The highest BCUT2D eigenvalue weighted by Crippen LogP contribution is 2.30. The molecule has 1 aromatic heterocycles. The summed E-state index contributed by atoms with van der Waals surface area (Å²) in [4.78, 5) is 4.06. The van der Waals surface area contributed by atoms with Crippen LogP contribution in [0.4, 0.5) is 5.69 Å². The van der Waals surface area contributed by atoms with Crippen LogP contribution in [-0.4, -0.2) is 19.4 Å². The number of nitrogens with zero attached hydrogens (tertiary/aromatic N) is 1. The van der Waals surface area contributed by atoms with Crippen LogP contribution in [-0.2, 0) is 16.6 Å². The Labute approximate surface area is 176 Å². The normalized spacial score (nSPS) is 16.6. The van der Waals surface area contributed by atoms with Gasteiger partial charge in [-0.05, 0) is 59.0 Å². The highest BCUT2D eigenvalue weighted by atomic mass is 79.9. The first kappa shape index (κ1) is 21.3. The molecule has 0 aliphatic heterocycles. The van der Waals surface area contributed by atoms with Gasteiger partial charge in [0, 0.05) is 29.5 Å². The molecule has 1 unspecified atom stereocenters. The van der Waals surface area contributed by atoms with Crippen molar-refractivity contribution in [2.45, 2.75) is 62.9 Å². The summed E-state index contributed by atoms with van der Waals surface area (Å²) in [5.74, 6) is 0.808. The zero-order valence-corrected chi connectivity index (χ0v) is 18.6. The van der Waals surface area contributed by atoms with Crippen LogP contribution in [0.5, 0.6) is 0 Å². The van der Waals surface area contributed by atoms with E-state index in [-0.39, 0.29) is 4.90 Å². The second kappa shape index (κ2) is 9.85. The first-order valence-corrected chi connectivity index (χ1v) is 12.2. The molecule has 1 fully saturated rings. The number of para-hydroxylation sites is 1. The van der Waals surface area contributed by atoms with E-state index in [0.717, 1.165) is 16.0 Å². The lowest BCUT2D eigenvalue weighted by molar-refractivity contribution is 0.305. The van der Waals surface area contributed by atoms with Crippen molar-refractivity contribution in [3.63, 3.8) is 0 Å². The molecule has 5 nitrogen and oxygen atoms in total. The minimum absolute atomic E-state index is 0.148. The number of benzene rings is 1. The molecule has 7 heteroatoms. The van der Waals surface area contributed by atoms with Gasteiger partial charge >= 0.3 is 0 Å². The third-order valence-corrected chi connectivity index (χ3v) is 7.33. The highest BCUT2D eigenvalue weighted by molar-refractivity contribution is 9.10. The number of halogens is 1. The summed E-state index contributed by atoms with van der Waals surface area (Å²) in [7, 11) is -3.69. The maximum Gasteiger partial charge on any atom is 0.263 e. The summed E-state index contributed by atoms with van der Waals surface area (Å²) in [6.45, 7) is 2.82. The fourth-order valence-corrected chi connectivity index (χ4v) is 5.54.